The second kappa shape index (κ2) is 5.85. The zero-order valence-corrected chi connectivity index (χ0v) is 9.91. The minimum Gasteiger partial charge on any atom is -0.373 e. The van der Waals surface area contributed by atoms with Crippen molar-refractivity contribution in [2.45, 2.75) is 45.3 Å². The zero-order chi connectivity index (χ0) is 11.2. The summed E-state index contributed by atoms with van der Waals surface area (Å²) in [7, 11) is 0. The Morgan fingerprint density at radius 3 is 2.81 bits per heavy atom. The molecule has 0 aromatic carbocycles. The minimum atomic E-state index is 0.480. The third kappa shape index (κ3) is 3.20. The summed E-state index contributed by atoms with van der Waals surface area (Å²) in [5.74, 6) is 0.937. The van der Waals surface area contributed by atoms with Crippen molar-refractivity contribution < 1.29 is 4.74 Å². The van der Waals surface area contributed by atoms with E-state index in [9.17, 15) is 0 Å². The van der Waals surface area contributed by atoms with Gasteiger partial charge < -0.3 is 10.1 Å². The zero-order valence-electron chi connectivity index (χ0n) is 9.91. The Bertz CT molecular complexity index is 304. The number of nitrogens with one attached hydrogen (secondary N) is 1. The molecule has 1 aromatic rings. The van der Waals surface area contributed by atoms with E-state index in [4.69, 9.17) is 4.74 Å². The Balaban J connectivity index is 1.80. The van der Waals surface area contributed by atoms with Crippen molar-refractivity contribution in [1.82, 2.24) is 4.98 Å². The van der Waals surface area contributed by atoms with E-state index in [1.54, 1.807) is 0 Å². The Morgan fingerprint density at radius 2 is 2.19 bits per heavy atom. The fourth-order valence-corrected chi connectivity index (χ4v) is 2.06. The number of hydrogen-bond acceptors (Lipinski definition) is 3. The van der Waals surface area contributed by atoms with Gasteiger partial charge in [-0.3, -0.25) is 0 Å². The van der Waals surface area contributed by atoms with E-state index in [1.807, 2.05) is 12.3 Å². The Labute approximate surface area is 97.2 Å². The number of anilines is 1. The molecular weight excluding hydrogens is 200 g/mol. The van der Waals surface area contributed by atoms with E-state index in [0.717, 1.165) is 17.9 Å². The van der Waals surface area contributed by atoms with E-state index in [1.165, 1.54) is 25.7 Å². The molecule has 0 saturated heterocycles. The molecule has 0 atom stereocenters. The van der Waals surface area contributed by atoms with Crippen LogP contribution in [0, 0.1) is 0 Å². The second-order valence-corrected chi connectivity index (χ2v) is 4.30. The van der Waals surface area contributed by atoms with Crippen molar-refractivity contribution in [2.24, 2.45) is 0 Å². The highest BCUT2D eigenvalue weighted by molar-refractivity contribution is 5.34. The van der Waals surface area contributed by atoms with Crippen molar-refractivity contribution in [3.8, 4) is 0 Å². The van der Waals surface area contributed by atoms with E-state index in [-0.39, 0.29) is 0 Å². The highest BCUT2D eigenvalue weighted by Gasteiger charge is 2.14. The van der Waals surface area contributed by atoms with Crippen LogP contribution in [0.3, 0.4) is 0 Å². The topological polar surface area (TPSA) is 34.1 Å². The molecule has 0 radical (unpaired) electrons. The highest BCUT2D eigenvalue weighted by atomic mass is 16.5. The van der Waals surface area contributed by atoms with Crippen LogP contribution in [-0.4, -0.2) is 17.6 Å². The number of hydrogen-bond donors (Lipinski definition) is 1. The molecule has 88 valence electrons. The largest absolute Gasteiger partial charge is 0.373 e. The number of aromatic nitrogens is 1. The monoisotopic (exact) mass is 220 g/mol. The minimum absolute atomic E-state index is 0.480. The van der Waals surface area contributed by atoms with Gasteiger partial charge in [-0.25, -0.2) is 4.98 Å². The summed E-state index contributed by atoms with van der Waals surface area (Å²) in [6.45, 7) is 3.67. The Morgan fingerprint density at radius 1 is 1.38 bits per heavy atom. The lowest BCUT2D eigenvalue weighted by molar-refractivity contribution is 0.0455. The van der Waals surface area contributed by atoms with Gasteiger partial charge in [-0.15, -0.1) is 0 Å². The molecule has 1 heterocycles. The summed E-state index contributed by atoms with van der Waals surface area (Å²) in [4.78, 5) is 4.32. The lowest BCUT2D eigenvalue weighted by atomic mass is 10.3. The predicted octanol–water partition coefficient (Wildman–Crippen LogP) is 2.97. The van der Waals surface area contributed by atoms with Crippen molar-refractivity contribution >= 4 is 5.82 Å². The third-order valence-corrected chi connectivity index (χ3v) is 2.97. The van der Waals surface area contributed by atoms with Crippen molar-refractivity contribution in [3.05, 3.63) is 23.9 Å². The molecule has 0 spiro atoms. The molecule has 16 heavy (non-hydrogen) atoms. The van der Waals surface area contributed by atoms with Crippen molar-refractivity contribution in [2.75, 3.05) is 11.9 Å². The number of rotatable bonds is 5. The van der Waals surface area contributed by atoms with Gasteiger partial charge in [-0.05, 0) is 31.4 Å². The van der Waals surface area contributed by atoms with Crippen LogP contribution in [0.25, 0.3) is 0 Å². The van der Waals surface area contributed by atoms with Gasteiger partial charge in [0.1, 0.15) is 5.82 Å². The SMILES string of the molecule is CCNc1ccc(COC2CCCC2)cn1. The Kier molecular flexibility index (Phi) is 4.17. The maximum Gasteiger partial charge on any atom is 0.125 e. The molecule has 1 aromatic heterocycles. The molecule has 1 saturated carbocycles. The van der Waals surface area contributed by atoms with E-state index >= 15 is 0 Å². The third-order valence-electron chi connectivity index (χ3n) is 2.97. The molecule has 2 rings (SSSR count). The van der Waals surface area contributed by atoms with Crippen molar-refractivity contribution in [1.29, 1.82) is 0 Å². The van der Waals surface area contributed by atoms with Crippen LogP contribution in [0.15, 0.2) is 18.3 Å². The predicted molar refractivity (Wildman–Crippen MR) is 65.4 cm³/mol. The first-order chi connectivity index (χ1) is 7.88. The second-order valence-electron chi connectivity index (χ2n) is 4.30. The highest BCUT2D eigenvalue weighted by Crippen LogP contribution is 2.22. The molecule has 1 aliphatic rings. The quantitative estimate of drug-likeness (QED) is 0.828. The van der Waals surface area contributed by atoms with Gasteiger partial charge >= 0.3 is 0 Å². The molecule has 1 fully saturated rings. The van der Waals surface area contributed by atoms with Crippen LogP contribution in [0.4, 0.5) is 5.82 Å². The molecule has 3 nitrogen and oxygen atoms in total. The average molecular weight is 220 g/mol. The molecule has 1 aliphatic carbocycles. The van der Waals surface area contributed by atoms with Crippen LogP contribution < -0.4 is 5.32 Å². The van der Waals surface area contributed by atoms with Gasteiger partial charge in [0.05, 0.1) is 12.7 Å². The van der Waals surface area contributed by atoms with Crippen LogP contribution >= 0.6 is 0 Å². The van der Waals surface area contributed by atoms with Crippen LogP contribution in [0.5, 0.6) is 0 Å². The van der Waals surface area contributed by atoms with Gasteiger partial charge in [-0.2, -0.15) is 0 Å². The molecular formula is C13H20N2O. The number of nitrogens with zero attached hydrogens (tertiary/aromatic N) is 1. The molecule has 3 heteroatoms. The van der Waals surface area contributed by atoms with E-state index in [0.29, 0.717) is 12.7 Å². The fraction of sp³-hybridized carbons (Fsp3) is 0.615. The molecule has 1 N–H and O–H groups in total. The van der Waals surface area contributed by atoms with Gasteiger partial charge in [-0.1, -0.05) is 18.9 Å². The molecule has 0 aliphatic heterocycles. The summed E-state index contributed by atoms with van der Waals surface area (Å²) in [6.07, 6.45) is 7.47. The number of pyridine rings is 1. The van der Waals surface area contributed by atoms with Gasteiger partial charge in [0.15, 0.2) is 0 Å². The number of ether oxygens (including phenoxy) is 1. The summed E-state index contributed by atoms with van der Waals surface area (Å²) in [5, 5.41) is 3.18. The van der Waals surface area contributed by atoms with E-state index in [2.05, 4.69) is 23.3 Å². The first-order valence-corrected chi connectivity index (χ1v) is 6.19. The first-order valence-electron chi connectivity index (χ1n) is 6.19. The normalized spacial score (nSPS) is 16.6. The van der Waals surface area contributed by atoms with Crippen molar-refractivity contribution in [3.63, 3.8) is 0 Å². The fourth-order valence-electron chi connectivity index (χ4n) is 2.06. The van der Waals surface area contributed by atoms with Gasteiger partial charge in [0.25, 0.3) is 0 Å². The summed E-state index contributed by atoms with van der Waals surface area (Å²) >= 11 is 0. The van der Waals surface area contributed by atoms with E-state index < -0.39 is 0 Å². The standard InChI is InChI=1S/C13H20N2O/c1-2-14-13-8-7-11(9-15-13)10-16-12-5-3-4-6-12/h7-9,12H,2-6,10H2,1H3,(H,14,15). The summed E-state index contributed by atoms with van der Waals surface area (Å²) in [6, 6.07) is 4.09. The van der Waals surface area contributed by atoms with Crippen LogP contribution in [0.1, 0.15) is 38.2 Å². The lowest BCUT2D eigenvalue weighted by Crippen LogP contribution is -2.07. The smallest absolute Gasteiger partial charge is 0.125 e. The van der Waals surface area contributed by atoms with Crippen LogP contribution in [-0.2, 0) is 11.3 Å². The Hall–Kier alpha value is -1.09. The summed E-state index contributed by atoms with van der Waals surface area (Å²) in [5.41, 5.74) is 1.16. The maximum atomic E-state index is 5.83. The maximum absolute atomic E-state index is 5.83. The molecule has 0 amide bonds. The molecule has 0 bridgehead atoms. The van der Waals surface area contributed by atoms with Gasteiger partial charge in [0, 0.05) is 12.7 Å². The summed E-state index contributed by atoms with van der Waals surface area (Å²) < 4.78 is 5.83. The average Bonchev–Trinajstić information content (AvgIpc) is 2.82. The first kappa shape index (κ1) is 11.4. The van der Waals surface area contributed by atoms with Crippen LogP contribution in [0.2, 0.25) is 0 Å². The van der Waals surface area contributed by atoms with Gasteiger partial charge in [0.2, 0.25) is 0 Å². The lowest BCUT2D eigenvalue weighted by Gasteiger charge is -2.11. The molecule has 0 unspecified atom stereocenters.